The zero-order valence-corrected chi connectivity index (χ0v) is 13.1. The van der Waals surface area contributed by atoms with Gasteiger partial charge in [-0.05, 0) is 18.2 Å². The second kappa shape index (κ2) is 6.62. The zero-order chi connectivity index (χ0) is 16.2. The number of aromatic nitrogens is 4. The number of nitrogens with zero attached hydrogens (tertiary/aromatic N) is 5. The van der Waals surface area contributed by atoms with Gasteiger partial charge in [-0.25, -0.2) is 15.0 Å². The fraction of sp³-hybridized carbons (Fsp3) is 0.200. The van der Waals surface area contributed by atoms with E-state index in [1.807, 2.05) is 0 Å². The first-order valence-corrected chi connectivity index (χ1v) is 7.26. The molecule has 3 heterocycles. The van der Waals surface area contributed by atoms with E-state index in [1.54, 1.807) is 59.3 Å². The highest BCUT2D eigenvalue weighted by molar-refractivity contribution is 6.30. The average molecular weight is 332 g/mol. The summed E-state index contributed by atoms with van der Waals surface area (Å²) in [6.07, 6.45) is 6.76. The Morgan fingerprint density at radius 3 is 2.87 bits per heavy atom. The van der Waals surface area contributed by atoms with Crippen molar-refractivity contribution in [2.75, 3.05) is 18.5 Å². The molecule has 3 rings (SSSR count). The van der Waals surface area contributed by atoms with Gasteiger partial charge < -0.3 is 14.0 Å². The van der Waals surface area contributed by atoms with Gasteiger partial charge in [-0.3, -0.25) is 4.79 Å². The third-order valence-corrected chi connectivity index (χ3v) is 3.33. The van der Waals surface area contributed by atoms with Crippen LogP contribution in [0.25, 0.3) is 5.65 Å². The van der Waals surface area contributed by atoms with Crippen molar-refractivity contribution in [3.63, 3.8) is 0 Å². The molecule has 3 aromatic rings. The van der Waals surface area contributed by atoms with Gasteiger partial charge in [-0.1, -0.05) is 11.6 Å². The number of fused-ring (bicyclic) bond motifs is 1. The first-order valence-electron chi connectivity index (χ1n) is 6.89. The molecule has 23 heavy (non-hydrogen) atoms. The Labute approximate surface area is 137 Å². The average Bonchev–Trinajstić information content (AvgIpc) is 2.95. The van der Waals surface area contributed by atoms with Crippen LogP contribution in [0, 0.1) is 0 Å². The Kier molecular flexibility index (Phi) is 4.38. The molecule has 0 saturated carbocycles. The lowest BCUT2D eigenvalue weighted by Gasteiger charge is -2.15. The third-order valence-electron chi connectivity index (χ3n) is 3.11. The SMILES string of the molecule is CN(CC(=O)OCc1cn2cc(Cl)ccc2n1)c1ncccn1. The number of hydrogen-bond acceptors (Lipinski definition) is 6. The second-order valence-corrected chi connectivity index (χ2v) is 5.35. The van der Waals surface area contributed by atoms with E-state index in [0.717, 1.165) is 5.65 Å². The third kappa shape index (κ3) is 3.75. The lowest BCUT2D eigenvalue weighted by molar-refractivity contribution is -0.143. The molecule has 0 atom stereocenters. The Bertz CT molecular complexity index is 821. The van der Waals surface area contributed by atoms with E-state index in [4.69, 9.17) is 16.3 Å². The number of likely N-dealkylation sites (N-methyl/N-ethyl adjacent to an activating group) is 1. The number of ether oxygens (including phenoxy) is 1. The number of hydrogen-bond donors (Lipinski definition) is 0. The van der Waals surface area contributed by atoms with Gasteiger partial charge in [0.25, 0.3) is 0 Å². The van der Waals surface area contributed by atoms with Crippen LogP contribution in [0.3, 0.4) is 0 Å². The molecule has 0 aromatic carbocycles. The van der Waals surface area contributed by atoms with E-state index < -0.39 is 0 Å². The number of anilines is 1. The number of pyridine rings is 1. The van der Waals surface area contributed by atoms with Crippen molar-refractivity contribution in [2.45, 2.75) is 6.61 Å². The summed E-state index contributed by atoms with van der Waals surface area (Å²) >= 11 is 5.92. The molecular formula is C15H14ClN5O2. The molecule has 0 aliphatic carbocycles. The molecule has 118 valence electrons. The van der Waals surface area contributed by atoms with E-state index in [1.165, 1.54) is 0 Å². The monoisotopic (exact) mass is 331 g/mol. The predicted octanol–water partition coefficient (Wildman–Crippen LogP) is 1.96. The number of imidazole rings is 1. The van der Waals surface area contributed by atoms with Crippen LogP contribution in [0.5, 0.6) is 0 Å². The molecule has 8 heteroatoms. The minimum atomic E-state index is -0.380. The molecule has 0 amide bonds. The number of esters is 1. The van der Waals surface area contributed by atoms with Crippen LogP contribution in [0.1, 0.15) is 5.69 Å². The highest BCUT2D eigenvalue weighted by Crippen LogP contribution is 2.12. The largest absolute Gasteiger partial charge is 0.458 e. The molecule has 0 aliphatic heterocycles. The molecule has 0 spiro atoms. The summed E-state index contributed by atoms with van der Waals surface area (Å²) < 4.78 is 7.02. The van der Waals surface area contributed by atoms with Crippen LogP contribution in [-0.2, 0) is 16.1 Å². The first-order chi connectivity index (χ1) is 11.1. The lowest BCUT2D eigenvalue weighted by atomic mass is 10.5. The maximum atomic E-state index is 11.9. The van der Waals surface area contributed by atoms with Crippen LogP contribution in [0.15, 0.2) is 43.0 Å². The van der Waals surface area contributed by atoms with E-state index in [0.29, 0.717) is 16.7 Å². The van der Waals surface area contributed by atoms with Crippen molar-refractivity contribution in [2.24, 2.45) is 0 Å². The van der Waals surface area contributed by atoms with Crippen molar-refractivity contribution < 1.29 is 9.53 Å². The Hall–Kier alpha value is -2.67. The van der Waals surface area contributed by atoms with E-state index in [-0.39, 0.29) is 19.1 Å². The van der Waals surface area contributed by atoms with E-state index in [9.17, 15) is 4.79 Å². The van der Waals surface area contributed by atoms with Crippen molar-refractivity contribution in [3.05, 3.63) is 53.7 Å². The normalized spacial score (nSPS) is 10.7. The molecular weight excluding hydrogens is 318 g/mol. The van der Waals surface area contributed by atoms with Gasteiger partial charge in [0, 0.05) is 31.8 Å². The van der Waals surface area contributed by atoms with E-state index in [2.05, 4.69) is 15.0 Å². The van der Waals surface area contributed by atoms with Crippen LogP contribution in [0.2, 0.25) is 5.02 Å². The van der Waals surface area contributed by atoms with Crippen LogP contribution < -0.4 is 4.90 Å². The summed E-state index contributed by atoms with van der Waals surface area (Å²) in [5, 5.41) is 0.614. The summed E-state index contributed by atoms with van der Waals surface area (Å²) in [5.74, 6) is 0.0851. The summed E-state index contributed by atoms with van der Waals surface area (Å²) in [5.41, 5.74) is 1.40. The fourth-order valence-corrected chi connectivity index (χ4v) is 2.21. The van der Waals surface area contributed by atoms with Gasteiger partial charge in [0.05, 0.1) is 10.7 Å². The highest BCUT2D eigenvalue weighted by Gasteiger charge is 2.11. The number of halogens is 1. The van der Waals surface area contributed by atoms with Crippen molar-refractivity contribution in [1.82, 2.24) is 19.4 Å². The van der Waals surface area contributed by atoms with Crippen LogP contribution >= 0.6 is 11.6 Å². The second-order valence-electron chi connectivity index (χ2n) is 4.91. The first kappa shape index (κ1) is 15.2. The molecule has 0 saturated heterocycles. The van der Waals surface area contributed by atoms with Gasteiger partial charge in [0.1, 0.15) is 18.8 Å². The Balaban J connectivity index is 1.57. The number of rotatable bonds is 5. The molecule has 0 aliphatic rings. The number of carbonyl (C=O) groups excluding carboxylic acids is 1. The molecule has 7 nitrogen and oxygen atoms in total. The maximum Gasteiger partial charge on any atom is 0.326 e. The Morgan fingerprint density at radius 1 is 1.30 bits per heavy atom. The van der Waals surface area contributed by atoms with Gasteiger partial charge in [-0.2, -0.15) is 0 Å². The Morgan fingerprint density at radius 2 is 2.09 bits per heavy atom. The fourth-order valence-electron chi connectivity index (χ4n) is 2.04. The van der Waals surface area contributed by atoms with Gasteiger partial charge >= 0.3 is 5.97 Å². The predicted molar refractivity (Wildman–Crippen MR) is 85.3 cm³/mol. The van der Waals surface area contributed by atoms with Gasteiger partial charge in [-0.15, -0.1) is 0 Å². The zero-order valence-electron chi connectivity index (χ0n) is 12.4. The van der Waals surface area contributed by atoms with Crippen LogP contribution in [-0.4, -0.2) is 38.9 Å². The topological polar surface area (TPSA) is 72.6 Å². The molecule has 0 bridgehead atoms. The summed E-state index contributed by atoms with van der Waals surface area (Å²) in [7, 11) is 1.73. The van der Waals surface area contributed by atoms with E-state index >= 15 is 0 Å². The molecule has 0 fully saturated rings. The van der Waals surface area contributed by atoms with Crippen LogP contribution in [0.4, 0.5) is 5.95 Å². The van der Waals surface area contributed by atoms with Crippen molar-refractivity contribution in [1.29, 1.82) is 0 Å². The van der Waals surface area contributed by atoms with Gasteiger partial charge in [0.15, 0.2) is 0 Å². The van der Waals surface area contributed by atoms with Crippen molar-refractivity contribution >= 4 is 29.2 Å². The molecule has 3 aromatic heterocycles. The summed E-state index contributed by atoms with van der Waals surface area (Å²) in [4.78, 5) is 26.0. The standard InChI is InChI=1S/C15H14ClN5O2/c1-20(15-17-5-2-6-18-15)9-14(22)23-10-12-8-21-7-11(16)3-4-13(21)19-12/h2-8H,9-10H2,1H3. The molecule has 0 unspecified atom stereocenters. The lowest BCUT2D eigenvalue weighted by Crippen LogP contribution is -2.28. The van der Waals surface area contributed by atoms with Gasteiger partial charge in [0.2, 0.25) is 5.95 Å². The minimum Gasteiger partial charge on any atom is -0.458 e. The number of carbonyl (C=O) groups is 1. The molecule has 0 N–H and O–H groups in total. The smallest absolute Gasteiger partial charge is 0.326 e. The minimum absolute atomic E-state index is 0.0587. The summed E-state index contributed by atoms with van der Waals surface area (Å²) in [6, 6.07) is 5.27. The molecule has 0 radical (unpaired) electrons. The van der Waals surface area contributed by atoms with Crippen molar-refractivity contribution in [3.8, 4) is 0 Å². The highest BCUT2D eigenvalue weighted by atomic mass is 35.5. The maximum absolute atomic E-state index is 11.9. The quantitative estimate of drug-likeness (QED) is 0.665. The summed E-state index contributed by atoms with van der Waals surface area (Å²) in [6.45, 7) is 0.158.